The highest BCUT2D eigenvalue weighted by Gasteiger charge is 2.28. The van der Waals surface area contributed by atoms with E-state index >= 15 is 0 Å². The Hall–Kier alpha value is -1.31. The van der Waals surface area contributed by atoms with Crippen LogP contribution >= 0.6 is 23.2 Å². The van der Waals surface area contributed by atoms with Crippen LogP contribution in [-0.2, 0) is 10.0 Å². The maximum atomic E-state index is 12.4. The number of benzene rings is 2. The Balaban J connectivity index is 1.69. The summed E-state index contributed by atoms with van der Waals surface area (Å²) in [6, 6.07) is 11.3. The number of aromatic hydroxyl groups is 1. The van der Waals surface area contributed by atoms with Crippen LogP contribution < -0.4 is 10.0 Å². The van der Waals surface area contributed by atoms with E-state index in [4.69, 9.17) is 23.2 Å². The number of piperidine rings is 1. The van der Waals surface area contributed by atoms with E-state index in [9.17, 15) is 13.5 Å². The van der Waals surface area contributed by atoms with Crippen molar-refractivity contribution in [3.05, 3.63) is 58.1 Å². The molecule has 3 N–H and O–H groups in total. The average molecular weight is 415 g/mol. The van der Waals surface area contributed by atoms with Crippen LogP contribution in [-0.4, -0.2) is 32.7 Å². The zero-order valence-electron chi connectivity index (χ0n) is 14.0. The second-order valence-electron chi connectivity index (χ2n) is 6.33. The first-order chi connectivity index (χ1) is 12.4. The van der Waals surface area contributed by atoms with Gasteiger partial charge >= 0.3 is 0 Å². The van der Waals surface area contributed by atoms with Crippen LogP contribution in [0.5, 0.6) is 5.75 Å². The van der Waals surface area contributed by atoms with Gasteiger partial charge in [0.05, 0.1) is 14.9 Å². The van der Waals surface area contributed by atoms with E-state index in [1.807, 2.05) is 0 Å². The molecule has 2 aromatic carbocycles. The summed E-state index contributed by atoms with van der Waals surface area (Å²) in [6.07, 6.45) is 1.43. The molecule has 2 atom stereocenters. The van der Waals surface area contributed by atoms with Gasteiger partial charge in [-0.25, -0.2) is 13.1 Å². The van der Waals surface area contributed by atoms with Gasteiger partial charge in [-0.3, -0.25) is 0 Å². The molecule has 0 spiro atoms. The fourth-order valence-electron chi connectivity index (χ4n) is 3.26. The molecular formula is C18H20Cl2N2O3S. The van der Waals surface area contributed by atoms with Crippen molar-refractivity contribution in [1.82, 2.24) is 10.0 Å². The molecule has 0 radical (unpaired) electrons. The van der Waals surface area contributed by atoms with Crippen LogP contribution in [0.25, 0.3) is 0 Å². The van der Waals surface area contributed by atoms with Crippen LogP contribution in [0.4, 0.5) is 0 Å². The van der Waals surface area contributed by atoms with Crippen LogP contribution in [0.2, 0.25) is 10.0 Å². The Kier molecular flexibility index (Phi) is 6.10. The Bertz CT molecular complexity index is 876. The van der Waals surface area contributed by atoms with Gasteiger partial charge in [0.1, 0.15) is 5.75 Å². The molecule has 1 saturated heterocycles. The third-order valence-electron chi connectivity index (χ3n) is 4.59. The molecule has 1 aliphatic rings. The van der Waals surface area contributed by atoms with E-state index in [2.05, 4.69) is 10.0 Å². The molecule has 0 aliphatic carbocycles. The van der Waals surface area contributed by atoms with Gasteiger partial charge in [-0.15, -0.1) is 0 Å². The molecule has 8 heteroatoms. The summed E-state index contributed by atoms with van der Waals surface area (Å²) in [6.45, 7) is 0.956. The van der Waals surface area contributed by atoms with Crippen molar-refractivity contribution in [3.8, 4) is 5.75 Å². The molecular weight excluding hydrogens is 395 g/mol. The summed E-state index contributed by atoms with van der Waals surface area (Å²) in [5.41, 5.74) is 0.636. The molecule has 3 rings (SSSR count). The summed E-state index contributed by atoms with van der Waals surface area (Å²) >= 11 is 12.4. The van der Waals surface area contributed by atoms with Crippen molar-refractivity contribution in [3.63, 3.8) is 0 Å². The van der Waals surface area contributed by atoms with Crippen molar-refractivity contribution in [2.45, 2.75) is 29.7 Å². The fraction of sp³-hybridized carbons (Fsp3) is 0.333. The Morgan fingerprint density at radius 3 is 2.62 bits per heavy atom. The molecule has 0 amide bonds. The quantitative estimate of drug-likeness (QED) is 0.699. The highest BCUT2D eigenvalue weighted by molar-refractivity contribution is 7.89. The van der Waals surface area contributed by atoms with Gasteiger partial charge < -0.3 is 10.4 Å². The maximum Gasteiger partial charge on any atom is 0.240 e. The van der Waals surface area contributed by atoms with Gasteiger partial charge in [0.25, 0.3) is 0 Å². The minimum atomic E-state index is -3.55. The Morgan fingerprint density at radius 1 is 1.15 bits per heavy atom. The van der Waals surface area contributed by atoms with Crippen molar-refractivity contribution < 1.29 is 13.5 Å². The minimum Gasteiger partial charge on any atom is -0.508 e. The van der Waals surface area contributed by atoms with Gasteiger partial charge in [-0.2, -0.15) is 0 Å². The number of halogens is 2. The number of rotatable bonds is 5. The summed E-state index contributed by atoms with van der Waals surface area (Å²) in [4.78, 5) is 0.239. The number of hydrogen-bond donors (Lipinski definition) is 3. The van der Waals surface area contributed by atoms with Crippen LogP contribution in [0.3, 0.4) is 0 Å². The summed E-state index contributed by atoms with van der Waals surface area (Å²) < 4.78 is 27.4. The zero-order chi connectivity index (χ0) is 18.7. The van der Waals surface area contributed by atoms with E-state index in [-0.39, 0.29) is 29.1 Å². The monoisotopic (exact) mass is 414 g/mol. The topological polar surface area (TPSA) is 78.4 Å². The largest absolute Gasteiger partial charge is 0.508 e. The lowest BCUT2D eigenvalue weighted by Gasteiger charge is -2.31. The van der Waals surface area contributed by atoms with E-state index in [0.717, 1.165) is 6.42 Å². The first kappa shape index (κ1) is 19.5. The summed E-state index contributed by atoms with van der Waals surface area (Å²) in [5.74, 6) is 0.128. The first-order valence-corrected chi connectivity index (χ1v) is 10.6. The van der Waals surface area contributed by atoms with E-state index in [1.54, 1.807) is 42.5 Å². The number of phenolic OH excluding ortho intramolecular Hbond substituents is 1. The number of nitrogens with one attached hydrogen (secondary N) is 2. The molecule has 1 heterocycles. The van der Waals surface area contributed by atoms with Crippen molar-refractivity contribution in [2.75, 3.05) is 13.1 Å². The van der Waals surface area contributed by atoms with Crippen molar-refractivity contribution >= 4 is 33.2 Å². The van der Waals surface area contributed by atoms with Gasteiger partial charge in [0.2, 0.25) is 10.0 Å². The highest BCUT2D eigenvalue weighted by atomic mass is 35.5. The van der Waals surface area contributed by atoms with E-state index in [1.165, 1.54) is 0 Å². The van der Waals surface area contributed by atoms with Gasteiger partial charge in [0.15, 0.2) is 0 Å². The minimum absolute atomic E-state index is 0.00804. The normalized spacial score (nSPS) is 20.8. The van der Waals surface area contributed by atoms with Gasteiger partial charge in [-0.1, -0.05) is 41.4 Å². The van der Waals surface area contributed by atoms with Crippen molar-refractivity contribution in [1.29, 1.82) is 0 Å². The lowest BCUT2D eigenvalue weighted by Crippen LogP contribution is -2.45. The summed E-state index contributed by atoms with van der Waals surface area (Å²) in [5, 5.41) is 14.3. The summed E-state index contributed by atoms with van der Waals surface area (Å²) in [7, 11) is -3.55. The number of sulfonamides is 1. The zero-order valence-corrected chi connectivity index (χ0v) is 16.3. The second-order valence-corrected chi connectivity index (χ2v) is 8.88. The lowest BCUT2D eigenvalue weighted by molar-refractivity contribution is 0.352. The maximum absolute atomic E-state index is 12.4. The Labute approximate surface area is 163 Å². The number of phenols is 1. The molecule has 0 bridgehead atoms. The van der Waals surface area contributed by atoms with Crippen molar-refractivity contribution in [2.24, 2.45) is 0 Å². The molecule has 140 valence electrons. The van der Waals surface area contributed by atoms with Gasteiger partial charge in [0, 0.05) is 18.2 Å². The lowest BCUT2D eigenvalue weighted by atomic mass is 9.86. The van der Waals surface area contributed by atoms with Crippen LogP contribution in [0, 0.1) is 0 Å². The predicted octanol–water partition coefficient (Wildman–Crippen LogP) is 3.51. The Morgan fingerprint density at radius 2 is 1.88 bits per heavy atom. The first-order valence-electron chi connectivity index (χ1n) is 8.33. The SMILES string of the molecule is O=S(=O)(NCC1CC(c2c(O)ccc(Cl)c2Cl)CCN1)c1ccccc1. The van der Waals surface area contributed by atoms with E-state index < -0.39 is 10.0 Å². The van der Waals surface area contributed by atoms with E-state index in [0.29, 0.717) is 28.6 Å². The molecule has 2 unspecified atom stereocenters. The standard InChI is InChI=1S/C18H20Cl2N2O3S/c19-15-6-7-16(23)17(18(15)20)12-8-9-21-13(10-12)11-22-26(24,25)14-4-2-1-3-5-14/h1-7,12-13,21-23H,8-11H2. The molecule has 0 aromatic heterocycles. The molecule has 1 fully saturated rings. The molecule has 5 nitrogen and oxygen atoms in total. The fourth-order valence-corrected chi connectivity index (χ4v) is 4.84. The van der Waals surface area contributed by atoms with Crippen LogP contribution in [0.15, 0.2) is 47.4 Å². The molecule has 2 aromatic rings. The van der Waals surface area contributed by atoms with Gasteiger partial charge in [-0.05, 0) is 49.6 Å². The third kappa shape index (κ3) is 4.32. The molecule has 26 heavy (non-hydrogen) atoms. The smallest absolute Gasteiger partial charge is 0.240 e. The molecule has 0 saturated carbocycles. The predicted molar refractivity (Wildman–Crippen MR) is 104 cm³/mol. The number of hydrogen-bond acceptors (Lipinski definition) is 4. The molecule has 1 aliphatic heterocycles. The third-order valence-corrected chi connectivity index (χ3v) is 6.84. The van der Waals surface area contributed by atoms with Crippen LogP contribution in [0.1, 0.15) is 24.3 Å². The highest BCUT2D eigenvalue weighted by Crippen LogP contribution is 2.41. The second kappa shape index (κ2) is 8.15. The average Bonchev–Trinajstić information content (AvgIpc) is 2.65.